The SMILES string of the molecule is CCCc1nc(NC[C@H]2CCCO2)c2c(n1)c(C)nn2CC. The second-order valence-corrected chi connectivity index (χ2v) is 5.85. The van der Waals surface area contributed by atoms with E-state index in [4.69, 9.17) is 14.7 Å². The quantitative estimate of drug-likeness (QED) is 0.889. The minimum absolute atomic E-state index is 0.290. The van der Waals surface area contributed by atoms with Gasteiger partial charge in [-0.15, -0.1) is 0 Å². The summed E-state index contributed by atoms with van der Waals surface area (Å²) < 4.78 is 7.68. The van der Waals surface area contributed by atoms with Gasteiger partial charge < -0.3 is 10.1 Å². The monoisotopic (exact) mass is 303 g/mol. The molecule has 1 atom stereocenters. The van der Waals surface area contributed by atoms with Gasteiger partial charge in [-0.2, -0.15) is 5.10 Å². The van der Waals surface area contributed by atoms with Crippen LogP contribution in [0.15, 0.2) is 0 Å². The predicted octanol–water partition coefficient (Wildman–Crippen LogP) is 2.70. The van der Waals surface area contributed by atoms with E-state index in [1.165, 1.54) is 0 Å². The molecule has 2 aromatic rings. The third-order valence-electron chi connectivity index (χ3n) is 4.10. The van der Waals surface area contributed by atoms with Crippen LogP contribution in [0.3, 0.4) is 0 Å². The van der Waals surface area contributed by atoms with Gasteiger partial charge in [-0.3, -0.25) is 4.68 Å². The molecular formula is C16H25N5O. The van der Waals surface area contributed by atoms with Gasteiger partial charge in [0.25, 0.3) is 0 Å². The third kappa shape index (κ3) is 2.92. The van der Waals surface area contributed by atoms with E-state index >= 15 is 0 Å². The van der Waals surface area contributed by atoms with Gasteiger partial charge in [0.15, 0.2) is 5.82 Å². The molecule has 0 aliphatic carbocycles. The number of nitrogens with one attached hydrogen (secondary N) is 1. The van der Waals surface area contributed by atoms with Crippen LogP contribution in [0.2, 0.25) is 0 Å². The van der Waals surface area contributed by atoms with E-state index < -0.39 is 0 Å². The smallest absolute Gasteiger partial charge is 0.156 e. The number of aryl methyl sites for hydroxylation is 3. The number of hydrogen-bond acceptors (Lipinski definition) is 5. The van der Waals surface area contributed by atoms with Crippen LogP contribution in [-0.2, 0) is 17.7 Å². The number of aromatic nitrogens is 4. The first-order valence-corrected chi connectivity index (χ1v) is 8.32. The van der Waals surface area contributed by atoms with E-state index in [1.807, 2.05) is 11.6 Å². The Labute approximate surface area is 131 Å². The fraction of sp³-hybridized carbons (Fsp3) is 0.688. The molecule has 3 heterocycles. The Balaban J connectivity index is 1.96. The summed E-state index contributed by atoms with van der Waals surface area (Å²) in [4.78, 5) is 9.44. The summed E-state index contributed by atoms with van der Waals surface area (Å²) in [5, 5.41) is 8.07. The second kappa shape index (κ2) is 6.60. The van der Waals surface area contributed by atoms with Gasteiger partial charge in [-0.05, 0) is 33.1 Å². The molecule has 0 aromatic carbocycles. The summed E-state index contributed by atoms with van der Waals surface area (Å²) in [6.45, 7) is 8.74. The van der Waals surface area contributed by atoms with Gasteiger partial charge in [0.05, 0.1) is 11.8 Å². The molecule has 1 aliphatic heterocycles. The molecule has 2 aromatic heterocycles. The molecule has 1 N–H and O–H groups in total. The zero-order valence-electron chi connectivity index (χ0n) is 13.7. The van der Waals surface area contributed by atoms with E-state index in [9.17, 15) is 0 Å². The van der Waals surface area contributed by atoms with Crippen molar-refractivity contribution in [3.8, 4) is 0 Å². The number of fused-ring (bicyclic) bond motifs is 1. The van der Waals surface area contributed by atoms with E-state index in [2.05, 4.69) is 24.3 Å². The molecule has 120 valence electrons. The van der Waals surface area contributed by atoms with Crippen LogP contribution in [0.5, 0.6) is 0 Å². The molecule has 1 fully saturated rings. The lowest BCUT2D eigenvalue weighted by molar-refractivity contribution is 0.120. The van der Waals surface area contributed by atoms with Crippen LogP contribution in [0.4, 0.5) is 5.82 Å². The highest BCUT2D eigenvalue weighted by Gasteiger charge is 2.19. The van der Waals surface area contributed by atoms with Crippen molar-refractivity contribution in [2.45, 2.75) is 59.1 Å². The van der Waals surface area contributed by atoms with Crippen LogP contribution in [0.25, 0.3) is 11.0 Å². The molecule has 0 spiro atoms. The normalized spacial score (nSPS) is 18.2. The molecule has 0 bridgehead atoms. The summed E-state index contributed by atoms with van der Waals surface area (Å²) in [6.07, 6.45) is 4.49. The highest BCUT2D eigenvalue weighted by molar-refractivity contribution is 5.87. The van der Waals surface area contributed by atoms with Gasteiger partial charge in [-0.1, -0.05) is 6.92 Å². The van der Waals surface area contributed by atoms with Crippen molar-refractivity contribution < 1.29 is 4.74 Å². The van der Waals surface area contributed by atoms with Crippen molar-refractivity contribution in [1.82, 2.24) is 19.7 Å². The summed E-state index contributed by atoms with van der Waals surface area (Å²) in [7, 11) is 0. The predicted molar refractivity (Wildman–Crippen MR) is 87.2 cm³/mol. The molecule has 0 unspecified atom stereocenters. The molecule has 6 nitrogen and oxygen atoms in total. The molecule has 0 saturated carbocycles. The van der Waals surface area contributed by atoms with E-state index in [0.717, 1.165) is 73.7 Å². The van der Waals surface area contributed by atoms with Crippen LogP contribution in [-0.4, -0.2) is 39.0 Å². The molecule has 1 saturated heterocycles. The lowest BCUT2D eigenvalue weighted by Crippen LogP contribution is -2.20. The minimum Gasteiger partial charge on any atom is -0.376 e. The summed E-state index contributed by atoms with van der Waals surface area (Å²) in [6, 6.07) is 0. The van der Waals surface area contributed by atoms with Crippen molar-refractivity contribution >= 4 is 16.9 Å². The number of rotatable bonds is 6. The molecule has 0 radical (unpaired) electrons. The van der Waals surface area contributed by atoms with Crippen molar-refractivity contribution in [2.24, 2.45) is 0 Å². The fourth-order valence-electron chi connectivity index (χ4n) is 2.98. The first-order valence-electron chi connectivity index (χ1n) is 8.32. The topological polar surface area (TPSA) is 64.9 Å². The van der Waals surface area contributed by atoms with Crippen LogP contribution < -0.4 is 5.32 Å². The van der Waals surface area contributed by atoms with Crippen molar-refractivity contribution in [3.63, 3.8) is 0 Å². The molecule has 0 amide bonds. The van der Waals surface area contributed by atoms with Gasteiger partial charge in [-0.25, -0.2) is 9.97 Å². The van der Waals surface area contributed by atoms with Gasteiger partial charge >= 0.3 is 0 Å². The first-order chi connectivity index (χ1) is 10.7. The zero-order chi connectivity index (χ0) is 15.5. The lowest BCUT2D eigenvalue weighted by Gasteiger charge is -2.13. The summed E-state index contributed by atoms with van der Waals surface area (Å²) in [5.41, 5.74) is 2.95. The number of nitrogens with zero attached hydrogens (tertiary/aromatic N) is 4. The molecule has 22 heavy (non-hydrogen) atoms. The number of hydrogen-bond donors (Lipinski definition) is 1. The standard InChI is InChI=1S/C16H25N5O/c1-4-7-13-18-14-11(3)20-21(5-2)15(14)16(19-13)17-10-12-8-6-9-22-12/h12H,4-10H2,1-3H3,(H,17,18,19)/t12-/m1/s1. The maximum absolute atomic E-state index is 5.70. The molecule has 1 aliphatic rings. The Kier molecular flexibility index (Phi) is 4.57. The van der Waals surface area contributed by atoms with Crippen molar-refractivity contribution in [1.29, 1.82) is 0 Å². The zero-order valence-corrected chi connectivity index (χ0v) is 13.7. The first kappa shape index (κ1) is 15.2. The molecule has 3 rings (SSSR count). The average Bonchev–Trinajstić information content (AvgIpc) is 3.14. The van der Waals surface area contributed by atoms with E-state index in [1.54, 1.807) is 0 Å². The van der Waals surface area contributed by atoms with Crippen LogP contribution >= 0.6 is 0 Å². The number of anilines is 1. The van der Waals surface area contributed by atoms with Crippen molar-refractivity contribution in [3.05, 3.63) is 11.5 Å². The third-order valence-corrected chi connectivity index (χ3v) is 4.10. The summed E-state index contributed by atoms with van der Waals surface area (Å²) in [5.74, 6) is 1.79. The lowest BCUT2D eigenvalue weighted by atomic mass is 10.2. The Morgan fingerprint density at radius 1 is 1.32 bits per heavy atom. The van der Waals surface area contributed by atoms with Gasteiger partial charge in [0, 0.05) is 26.1 Å². The highest BCUT2D eigenvalue weighted by atomic mass is 16.5. The fourth-order valence-corrected chi connectivity index (χ4v) is 2.98. The highest BCUT2D eigenvalue weighted by Crippen LogP contribution is 2.24. The number of ether oxygens (including phenoxy) is 1. The summed E-state index contributed by atoms with van der Waals surface area (Å²) >= 11 is 0. The average molecular weight is 303 g/mol. The van der Waals surface area contributed by atoms with Crippen molar-refractivity contribution in [2.75, 3.05) is 18.5 Å². The Morgan fingerprint density at radius 3 is 2.86 bits per heavy atom. The van der Waals surface area contributed by atoms with E-state index in [0.29, 0.717) is 6.10 Å². The van der Waals surface area contributed by atoms with Gasteiger partial charge in [0.1, 0.15) is 16.9 Å². The Hall–Kier alpha value is -1.69. The van der Waals surface area contributed by atoms with Crippen LogP contribution in [0, 0.1) is 6.92 Å². The Morgan fingerprint density at radius 2 is 2.18 bits per heavy atom. The maximum atomic E-state index is 5.70. The van der Waals surface area contributed by atoms with Gasteiger partial charge in [0.2, 0.25) is 0 Å². The van der Waals surface area contributed by atoms with Crippen LogP contribution in [0.1, 0.15) is 44.6 Å². The second-order valence-electron chi connectivity index (χ2n) is 5.85. The maximum Gasteiger partial charge on any atom is 0.156 e. The Bertz CT molecular complexity index is 646. The largest absolute Gasteiger partial charge is 0.376 e. The molecule has 6 heteroatoms. The molecular weight excluding hydrogens is 278 g/mol. The minimum atomic E-state index is 0.290. The van der Waals surface area contributed by atoms with E-state index in [-0.39, 0.29) is 0 Å².